The van der Waals surface area contributed by atoms with Crippen molar-refractivity contribution in [1.82, 2.24) is 0 Å². The van der Waals surface area contributed by atoms with E-state index in [2.05, 4.69) is 65.8 Å². The van der Waals surface area contributed by atoms with Crippen LogP contribution in [0.25, 0.3) is 43.8 Å². The second-order valence-electron chi connectivity index (χ2n) is 13.0. The van der Waals surface area contributed by atoms with Crippen molar-refractivity contribution in [3.05, 3.63) is 145 Å². The fourth-order valence-electron chi connectivity index (χ4n) is 5.95. The van der Waals surface area contributed by atoms with Crippen molar-refractivity contribution >= 4 is 21.5 Å². The van der Waals surface area contributed by atoms with Crippen LogP contribution in [0.3, 0.4) is 0 Å². The van der Waals surface area contributed by atoms with Gasteiger partial charge in [0, 0.05) is 25.8 Å². The molecule has 52 heavy (non-hydrogen) atoms. The van der Waals surface area contributed by atoms with Crippen LogP contribution < -0.4 is 24.8 Å². The average molecular weight is 922 g/mol. The van der Waals surface area contributed by atoms with Crippen molar-refractivity contribution in [3.8, 4) is 22.3 Å². The molecule has 0 fully saturated rings. The van der Waals surface area contributed by atoms with E-state index >= 15 is 0 Å². The number of halogens is 8. The van der Waals surface area contributed by atoms with Crippen LogP contribution in [-0.4, -0.2) is 0 Å². The van der Waals surface area contributed by atoms with Crippen molar-refractivity contribution in [1.29, 1.82) is 0 Å². The molecule has 0 saturated carbocycles. The Morgan fingerprint density at radius 3 is 1.12 bits per heavy atom. The predicted octanol–water partition coefficient (Wildman–Crippen LogP) is 7.94. The Balaban J connectivity index is 0.000000459. The SMILES string of the molecule is CC(C)Cc1cc2c(-c3ccc(C(F)(F)F)cc3)cccc2[cH-]1.CC(C)Cc1cc2c(-c3ccc(C(F)(F)F)cc3)cccc2[cH-]1.[CH2-]C[CH2-].[Cl-].[Cl-].[Hf]. The first-order chi connectivity index (χ1) is 23.1. The van der Waals surface area contributed by atoms with Crippen molar-refractivity contribution in [2.45, 2.75) is 59.3 Å². The predicted molar refractivity (Wildman–Crippen MR) is 192 cm³/mol. The molecule has 6 aromatic carbocycles. The molecule has 0 bridgehead atoms. The summed E-state index contributed by atoms with van der Waals surface area (Å²) in [4.78, 5) is 0. The third-order valence-corrected chi connectivity index (χ3v) is 7.96. The van der Waals surface area contributed by atoms with Gasteiger partial charge in [-0.1, -0.05) is 75.2 Å². The van der Waals surface area contributed by atoms with Gasteiger partial charge in [-0.2, -0.15) is 38.5 Å². The maximum Gasteiger partial charge on any atom is 0.416 e. The topological polar surface area (TPSA) is 0 Å². The Bertz CT molecular complexity index is 1790. The summed E-state index contributed by atoms with van der Waals surface area (Å²) in [7, 11) is 0. The first-order valence-electron chi connectivity index (χ1n) is 16.4. The van der Waals surface area contributed by atoms with Crippen LogP contribution in [0.2, 0.25) is 0 Å². The molecule has 9 heteroatoms. The molecule has 0 aliphatic rings. The maximum absolute atomic E-state index is 12.7. The van der Waals surface area contributed by atoms with Gasteiger partial charge in [0.25, 0.3) is 0 Å². The first-order valence-corrected chi connectivity index (χ1v) is 16.4. The van der Waals surface area contributed by atoms with Gasteiger partial charge in [-0.25, -0.2) is 0 Å². The summed E-state index contributed by atoms with van der Waals surface area (Å²) in [6.07, 6.45) is -5.84. The summed E-state index contributed by atoms with van der Waals surface area (Å²) < 4.78 is 76.2. The zero-order valence-corrected chi connectivity index (χ0v) is 34.7. The monoisotopic (exact) mass is 922 g/mol. The molecule has 0 aliphatic heterocycles. The van der Waals surface area contributed by atoms with Crippen molar-refractivity contribution < 1.29 is 77.0 Å². The van der Waals surface area contributed by atoms with Crippen LogP contribution in [-0.2, 0) is 51.0 Å². The van der Waals surface area contributed by atoms with Crippen molar-refractivity contribution in [2.75, 3.05) is 0 Å². The zero-order valence-electron chi connectivity index (χ0n) is 29.6. The Hall–Kier alpha value is -2.87. The summed E-state index contributed by atoms with van der Waals surface area (Å²) in [5.41, 5.74) is 4.89. The molecule has 0 aromatic heterocycles. The van der Waals surface area contributed by atoms with E-state index in [0.29, 0.717) is 11.8 Å². The van der Waals surface area contributed by atoms with Gasteiger partial charge in [-0.05, 0) is 60.1 Å². The molecule has 0 spiro atoms. The summed E-state index contributed by atoms with van der Waals surface area (Å²) >= 11 is 0. The fraction of sp³-hybridized carbons (Fsp3) is 0.256. The third-order valence-electron chi connectivity index (χ3n) is 7.96. The van der Waals surface area contributed by atoms with E-state index in [4.69, 9.17) is 0 Å². The second kappa shape index (κ2) is 20.5. The standard InChI is InChI=1S/2C20H18F3.C3H6.2ClH.Hf/c2*1-13(2)10-14-11-16-4-3-5-18(19(16)12-14)15-6-8-17(9-7-15)20(21,22)23;1-3-2;;;/h2*3-9,11-13H,10H2,1-2H3;1-3H2;2*1H;/q2*-1;-2;;;/p-2. The summed E-state index contributed by atoms with van der Waals surface area (Å²) in [5, 5.41) is 4.47. The molecule has 6 aromatic rings. The van der Waals surface area contributed by atoms with E-state index in [1.54, 1.807) is 24.3 Å². The van der Waals surface area contributed by atoms with Crippen molar-refractivity contribution in [3.63, 3.8) is 0 Å². The van der Waals surface area contributed by atoms with Gasteiger partial charge in [0.05, 0.1) is 11.1 Å². The fourth-order valence-corrected chi connectivity index (χ4v) is 5.95. The Morgan fingerprint density at radius 2 is 0.846 bits per heavy atom. The van der Waals surface area contributed by atoms with Gasteiger partial charge < -0.3 is 45.1 Å². The van der Waals surface area contributed by atoms with Crippen LogP contribution in [0.4, 0.5) is 26.3 Å². The number of hydrogen-bond donors (Lipinski definition) is 0. The van der Waals surface area contributed by atoms with E-state index in [9.17, 15) is 26.3 Å². The van der Waals surface area contributed by atoms with Gasteiger partial charge >= 0.3 is 12.4 Å². The van der Waals surface area contributed by atoms with Crippen LogP contribution in [0, 0.1) is 25.7 Å². The van der Waals surface area contributed by atoms with Crippen LogP contribution in [0.5, 0.6) is 0 Å². The quantitative estimate of drug-likeness (QED) is 0.0906. The van der Waals surface area contributed by atoms with Gasteiger partial charge in [0.15, 0.2) is 0 Å². The Kier molecular flexibility index (Phi) is 18.6. The van der Waals surface area contributed by atoms with E-state index in [0.717, 1.165) is 87.3 Å². The minimum Gasteiger partial charge on any atom is -1.00 e. The van der Waals surface area contributed by atoms with Crippen LogP contribution in [0.15, 0.2) is 109 Å². The Labute approximate surface area is 335 Å². The van der Waals surface area contributed by atoms with E-state index in [1.165, 1.54) is 11.1 Å². The minimum atomic E-state index is -4.30. The van der Waals surface area contributed by atoms with E-state index in [1.807, 2.05) is 36.4 Å². The number of hydrogen-bond acceptors (Lipinski definition) is 0. The minimum absolute atomic E-state index is 0. The second-order valence-corrected chi connectivity index (χ2v) is 13.0. The molecular weight excluding hydrogens is 880 g/mol. The molecule has 0 N–H and O–H groups in total. The summed E-state index contributed by atoms with van der Waals surface area (Å²) in [5.74, 6) is 1.14. The first kappa shape index (κ1) is 47.2. The molecule has 0 amide bonds. The van der Waals surface area contributed by atoms with Crippen molar-refractivity contribution in [2.24, 2.45) is 11.8 Å². The number of alkyl halides is 6. The van der Waals surface area contributed by atoms with E-state index in [-0.39, 0.29) is 50.7 Å². The molecule has 0 heterocycles. The number of rotatable bonds is 6. The average Bonchev–Trinajstić information content (AvgIpc) is 3.63. The Morgan fingerprint density at radius 1 is 0.538 bits per heavy atom. The molecule has 280 valence electrons. The van der Waals surface area contributed by atoms with Gasteiger partial charge in [-0.15, -0.1) is 69.1 Å². The van der Waals surface area contributed by atoms with Crippen LogP contribution >= 0.6 is 0 Å². The smallest absolute Gasteiger partial charge is 0.416 e. The van der Waals surface area contributed by atoms with E-state index < -0.39 is 23.5 Å². The molecule has 0 aliphatic carbocycles. The molecule has 6 rings (SSSR count). The molecule has 0 nitrogen and oxygen atoms in total. The molecule has 0 radical (unpaired) electrons. The zero-order chi connectivity index (χ0) is 35.9. The molecule has 0 unspecified atom stereocenters. The number of fused-ring (bicyclic) bond motifs is 2. The van der Waals surface area contributed by atoms with Gasteiger partial charge in [0.1, 0.15) is 0 Å². The maximum atomic E-state index is 12.7. The molecule has 0 saturated heterocycles. The summed E-state index contributed by atoms with van der Waals surface area (Å²) in [6.45, 7) is 15.5. The van der Waals surface area contributed by atoms with Gasteiger partial charge in [0.2, 0.25) is 0 Å². The largest absolute Gasteiger partial charge is 1.00 e. The number of benzene rings is 4. The van der Waals surface area contributed by atoms with Gasteiger partial charge in [-0.3, -0.25) is 0 Å². The van der Waals surface area contributed by atoms with Crippen LogP contribution in [0.1, 0.15) is 56.4 Å². The molecular formula is C43H42Cl2F6Hf-6. The normalized spacial score (nSPS) is 11.2. The third kappa shape index (κ3) is 12.6. The summed E-state index contributed by atoms with van der Waals surface area (Å²) in [6, 6.07) is 31.3. The molecule has 0 atom stereocenters.